The maximum absolute atomic E-state index is 13.5. The van der Waals surface area contributed by atoms with E-state index in [1.54, 1.807) is 12.3 Å². The lowest BCUT2D eigenvalue weighted by Gasteiger charge is -2.17. The molecule has 1 N–H and O–H groups in total. The lowest BCUT2D eigenvalue weighted by molar-refractivity contribution is 0.612. The summed E-state index contributed by atoms with van der Waals surface area (Å²) in [6.07, 6.45) is 1.78. The van der Waals surface area contributed by atoms with Crippen LogP contribution in [0.15, 0.2) is 36.5 Å². The average molecular weight is 244 g/mol. The van der Waals surface area contributed by atoms with Crippen molar-refractivity contribution in [3.63, 3.8) is 0 Å². The Balaban J connectivity index is 2.45. The molecule has 94 valence electrons. The van der Waals surface area contributed by atoms with Crippen LogP contribution in [0.2, 0.25) is 0 Å². The Kier molecular flexibility index (Phi) is 3.72. The van der Waals surface area contributed by atoms with Gasteiger partial charge >= 0.3 is 0 Å². The fourth-order valence-corrected chi connectivity index (χ4v) is 2.13. The first kappa shape index (κ1) is 12.7. The van der Waals surface area contributed by atoms with Gasteiger partial charge in [0.15, 0.2) is 0 Å². The minimum Gasteiger partial charge on any atom is -0.308 e. The summed E-state index contributed by atoms with van der Waals surface area (Å²) in [5, 5.41) is 3.19. The standard InChI is InChI=1S/C15H17FN2/c1-10-4-5-18-14(8-10)15(17-3)12-6-11(2)7-13(16)9-12/h4-9,15,17H,1-3H3. The molecule has 0 bridgehead atoms. The van der Waals surface area contributed by atoms with Crippen LogP contribution < -0.4 is 5.32 Å². The molecular formula is C15H17FN2. The van der Waals surface area contributed by atoms with Gasteiger partial charge in [-0.25, -0.2) is 4.39 Å². The Labute approximate surface area is 107 Å². The first-order valence-corrected chi connectivity index (χ1v) is 5.97. The minimum atomic E-state index is -0.210. The topological polar surface area (TPSA) is 24.9 Å². The Morgan fingerprint density at radius 2 is 1.89 bits per heavy atom. The van der Waals surface area contributed by atoms with E-state index in [0.29, 0.717) is 0 Å². The van der Waals surface area contributed by atoms with Crippen LogP contribution in [-0.4, -0.2) is 12.0 Å². The highest BCUT2D eigenvalue weighted by Gasteiger charge is 2.14. The zero-order chi connectivity index (χ0) is 13.1. The van der Waals surface area contributed by atoms with E-state index in [9.17, 15) is 4.39 Å². The summed E-state index contributed by atoms with van der Waals surface area (Å²) in [6.45, 7) is 3.91. The SMILES string of the molecule is CNC(c1cc(C)cc(F)c1)c1cc(C)ccn1. The summed E-state index contributed by atoms with van der Waals surface area (Å²) in [5.41, 5.74) is 3.86. The van der Waals surface area contributed by atoms with Crippen LogP contribution in [0.3, 0.4) is 0 Å². The van der Waals surface area contributed by atoms with Crippen molar-refractivity contribution in [1.82, 2.24) is 10.3 Å². The van der Waals surface area contributed by atoms with Crippen LogP contribution in [0, 0.1) is 19.7 Å². The zero-order valence-corrected chi connectivity index (χ0v) is 10.9. The van der Waals surface area contributed by atoms with Gasteiger partial charge in [-0.1, -0.05) is 6.07 Å². The molecule has 2 nitrogen and oxygen atoms in total. The molecule has 2 rings (SSSR count). The van der Waals surface area contributed by atoms with Crippen molar-refractivity contribution in [1.29, 1.82) is 0 Å². The Bertz CT molecular complexity index is 532. The summed E-state index contributed by atoms with van der Waals surface area (Å²) in [7, 11) is 1.86. The van der Waals surface area contributed by atoms with E-state index in [2.05, 4.69) is 10.3 Å². The van der Waals surface area contributed by atoms with Gasteiger partial charge in [0.1, 0.15) is 5.82 Å². The molecule has 1 aromatic heterocycles. The lowest BCUT2D eigenvalue weighted by atomic mass is 10.0. The predicted molar refractivity (Wildman–Crippen MR) is 71.0 cm³/mol. The maximum Gasteiger partial charge on any atom is 0.123 e. The van der Waals surface area contributed by atoms with Crippen molar-refractivity contribution in [3.8, 4) is 0 Å². The number of nitrogens with one attached hydrogen (secondary N) is 1. The van der Waals surface area contributed by atoms with Crippen molar-refractivity contribution in [2.45, 2.75) is 19.9 Å². The molecule has 18 heavy (non-hydrogen) atoms. The number of benzene rings is 1. The van der Waals surface area contributed by atoms with E-state index in [1.807, 2.05) is 39.1 Å². The Morgan fingerprint density at radius 3 is 2.50 bits per heavy atom. The second kappa shape index (κ2) is 5.27. The third-order valence-corrected chi connectivity index (χ3v) is 2.92. The van der Waals surface area contributed by atoms with Gasteiger partial charge in [0, 0.05) is 6.20 Å². The molecule has 0 saturated heterocycles. The summed E-state index contributed by atoms with van der Waals surface area (Å²) in [4.78, 5) is 4.36. The molecule has 0 aliphatic heterocycles. The number of aromatic nitrogens is 1. The number of halogens is 1. The molecule has 0 saturated carbocycles. The zero-order valence-electron chi connectivity index (χ0n) is 10.9. The van der Waals surface area contributed by atoms with Gasteiger partial charge in [-0.15, -0.1) is 0 Å². The average Bonchev–Trinajstić information content (AvgIpc) is 2.28. The molecule has 2 aromatic rings. The summed E-state index contributed by atoms with van der Waals surface area (Å²) < 4.78 is 13.5. The highest BCUT2D eigenvalue weighted by atomic mass is 19.1. The number of nitrogens with zero attached hydrogens (tertiary/aromatic N) is 1. The van der Waals surface area contributed by atoms with Crippen molar-refractivity contribution >= 4 is 0 Å². The van der Waals surface area contributed by atoms with Crippen LogP contribution in [0.25, 0.3) is 0 Å². The van der Waals surface area contributed by atoms with Crippen molar-refractivity contribution in [2.75, 3.05) is 7.05 Å². The van der Waals surface area contributed by atoms with Gasteiger partial charge in [0.25, 0.3) is 0 Å². The first-order chi connectivity index (χ1) is 8.60. The normalized spacial score (nSPS) is 12.4. The van der Waals surface area contributed by atoms with Crippen LogP contribution in [0.1, 0.15) is 28.4 Å². The molecule has 3 heteroatoms. The number of hydrogen-bond donors (Lipinski definition) is 1. The molecule has 0 aliphatic carbocycles. The Morgan fingerprint density at radius 1 is 1.11 bits per heavy atom. The van der Waals surface area contributed by atoms with E-state index in [1.165, 1.54) is 6.07 Å². The fourth-order valence-electron chi connectivity index (χ4n) is 2.13. The van der Waals surface area contributed by atoms with Crippen LogP contribution in [0.4, 0.5) is 4.39 Å². The third kappa shape index (κ3) is 2.74. The molecule has 0 spiro atoms. The molecule has 0 aliphatic rings. The van der Waals surface area contributed by atoms with Crippen molar-refractivity contribution in [2.24, 2.45) is 0 Å². The number of pyridine rings is 1. The van der Waals surface area contributed by atoms with Gasteiger partial charge in [-0.3, -0.25) is 4.98 Å². The van der Waals surface area contributed by atoms with Gasteiger partial charge in [0.2, 0.25) is 0 Å². The van der Waals surface area contributed by atoms with Crippen molar-refractivity contribution < 1.29 is 4.39 Å². The third-order valence-electron chi connectivity index (χ3n) is 2.92. The highest BCUT2D eigenvalue weighted by molar-refractivity contribution is 5.32. The van der Waals surface area contributed by atoms with E-state index in [0.717, 1.165) is 22.4 Å². The number of hydrogen-bond acceptors (Lipinski definition) is 2. The number of rotatable bonds is 3. The largest absolute Gasteiger partial charge is 0.308 e. The lowest BCUT2D eigenvalue weighted by Crippen LogP contribution is -2.19. The molecule has 0 amide bonds. The summed E-state index contributed by atoms with van der Waals surface area (Å²) in [5.74, 6) is -0.210. The monoisotopic (exact) mass is 244 g/mol. The van der Waals surface area contributed by atoms with E-state index in [4.69, 9.17) is 0 Å². The van der Waals surface area contributed by atoms with Gasteiger partial charge < -0.3 is 5.32 Å². The molecular weight excluding hydrogens is 227 g/mol. The quantitative estimate of drug-likeness (QED) is 0.897. The minimum absolute atomic E-state index is 0.0840. The van der Waals surface area contributed by atoms with Gasteiger partial charge in [-0.2, -0.15) is 0 Å². The smallest absolute Gasteiger partial charge is 0.123 e. The first-order valence-electron chi connectivity index (χ1n) is 5.97. The maximum atomic E-state index is 13.5. The van der Waals surface area contributed by atoms with E-state index in [-0.39, 0.29) is 11.9 Å². The van der Waals surface area contributed by atoms with Crippen LogP contribution in [0.5, 0.6) is 0 Å². The van der Waals surface area contributed by atoms with Gasteiger partial charge in [-0.05, 0) is 61.9 Å². The molecule has 1 aromatic carbocycles. The predicted octanol–water partition coefficient (Wildman–Crippen LogP) is 3.15. The second-order valence-electron chi connectivity index (χ2n) is 4.54. The fraction of sp³-hybridized carbons (Fsp3) is 0.267. The number of aryl methyl sites for hydroxylation is 2. The molecule has 1 heterocycles. The highest BCUT2D eigenvalue weighted by Crippen LogP contribution is 2.22. The van der Waals surface area contributed by atoms with Crippen molar-refractivity contribution in [3.05, 3.63) is 64.7 Å². The Hall–Kier alpha value is -1.74. The van der Waals surface area contributed by atoms with Crippen LogP contribution in [-0.2, 0) is 0 Å². The summed E-state index contributed by atoms with van der Waals surface area (Å²) in [6, 6.07) is 8.94. The molecule has 1 unspecified atom stereocenters. The van der Waals surface area contributed by atoms with E-state index < -0.39 is 0 Å². The second-order valence-corrected chi connectivity index (χ2v) is 4.54. The van der Waals surface area contributed by atoms with Crippen LogP contribution >= 0.6 is 0 Å². The van der Waals surface area contributed by atoms with E-state index >= 15 is 0 Å². The molecule has 0 fully saturated rings. The summed E-state index contributed by atoms with van der Waals surface area (Å²) >= 11 is 0. The van der Waals surface area contributed by atoms with Gasteiger partial charge in [0.05, 0.1) is 11.7 Å². The molecule has 1 atom stereocenters. The molecule has 0 radical (unpaired) electrons.